The van der Waals surface area contributed by atoms with Crippen molar-refractivity contribution in [3.8, 4) is 0 Å². The molecular formula is C21H30N4O. The summed E-state index contributed by atoms with van der Waals surface area (Å²) in [6, 6.07) is 7.98. The van der Waals surface area contributed by atoms with Gasteiger partial charge >= 0.3 is 0 Å². The number of nitrogens with zero attached hydrogens (tertiary/aromatic N) is 4. The quantitative estimate of drug-likeness (QED) is 0.792. The molecule has 5 nitrogen and oxygen atoms in total. The van der Waals surface area contributed by atoms with Crippen LogP contribution in [0.4, 0.5) is 5.82 Å². The molecule has 0 radical (unpaired) electrons. The van der Waals surface area contributed by atoms with Crippen LogP contribution in [0.15, 0.2) is 24.3 Å². The Hall–Kier alpha value is -2.17. The highest BCUT2D eigenvalue weighted by molar-refractivity contribution is 5.79. The van der Waals surface area contributed by atoms with Gasteiger partial charge in [-0.25, -0.2) is 9.97 Å². The fourth-order valence-corrected chi connectivity index (χ4v) is 3.73. The van der Waals surface area contributed by atoms with Crippen molar-refractivity contribution in [2.24, 2.45) is 5.92 Å². The summed E-state index contributed by atoms with van der Waals surface area (Å²) in [5.74, 6) is 1.47. The molecule has 1 amide bonds. The third kappa shape index (κ3) is 3.97. The number of unbranched alkanes of at least 4 members (excludes halogenated alkanes) is 1. The molecule has 2 heterocycles. The maximum Gasteiger partial charge on any atom is 0.225 e. The van der Waals surface area contributed by atoms with Gasteiger partial charge in [-0.1, -0.05) is 38.8 Å². The van der Waals surface area contributed by atoms with Crippen LogP contribution in [0.5, 0.6) is 0 Å². The van der Waals surface area contributed by atoms with Gasteiger partial charge in [0.1, 0.15) is 0 Å². The number of rotatable bonds is 6. The monoisotopic (exact) mass is 354 g/mol. The molecule has 140 valence electrons. The maximum absolute atomic E-state index is 12.8. The summed E-state index contributed by atoms with van der Waals surface area (Å²) in [6.45, 7) is 9.52. The minimum absolute atomic E-state index is 0.184. The van der Waals surface area contributed by atoms with Crippen molar-refractivity contribution in [2.75, 3.05) is 31.1 Å². The highest BCUT2D eigenvalue weighted by atomic mass is 16.2. The van der Waals surface area contributed by atoms with Crippen molar-refractivity contribution in [3.63, 3.8) is 0 Å². The van der Waals surface area contributed by atoms with Gasteiger partial charge in [0, 0.05) is 32.1 Å². The van der Waals surface area contributed by atoms with Crippen LogP contribution in [-0.4, -0.2) is 47.0 Å². The first-order chi connectivity index (χ1) is 12.6. The standard InChI is InChI=1S/C21H30N4O/c1-4-6-9-17(5-2)21(26)25-14-12-24(13-15-25)20-16(3)22-18-10-7-8-11-19(18)23-20/h7-8,10-11,17H,4-6,9,12-15H2,1-3H3/t17-/m1/s1. The summed E-state index contributed by atoms with van der Waals surface area (Å²) in [4.78, 5) is 26.6. The van der Waals surface area contributed by atoms with Crippen molar-refractivity contribution >= 4 is 22.8 Å². The van der Waals surface area contributed by atoms with Gasteiger partial charge in [-0.2, -0.15) is 0 Å². The fraction of sp³-hybridized carbons (Fsp3) is 0.571. The second-order valence-corrected chi connectivity index (χ2v) is 7.18. The lowest BCUT2D eigenvalue weighted by atomic mass is 9.97. The fourth-order valence-electron chi connectivity index (χ4n) is 3.73. The summed E-state index contributed by atoms with van der Waals surface area (Å²) in [6.07, 6.45) is 4.24. The summed E-state index contributed by atoms with van der Waals surface area (Å²) in [5.41, 5.74) is 2.82. The van der Waals surface area contributed by atoms with Crippen LogP contribution >= 0.6 is 0 Å². The van der Waals surface area contributed by atoms with Crippen molar-refractivity contribution < 1.29 is 4.79 Å². The van der Waals surface area contributed by atoms with Crippen molar-refractivity contribution in [2.45, 2.75) is 46.5 Å². The molecule has 3 rings (SSSR count). The van der Waals surface area contributed by atoms with E-state index in [1.54, 1.807) is 0 Å². The van der Waals surface area contributed by atoms with Gasteiger partial charge in [0.25, 0.3) is 0 Å². The highest BCUT2D eigenvalue weighted by Crippen LogP contribution is 2.22. The first-order valence-corrected chi connectivity index (χ1v) is 9.91. The number of carbonyl (C=O) groups excluding carboxylic acids is 1. The second-order valence-electron chi connectivity index (χ2n) is 7.18. The predicted octanol–water partition coefficient (Wildman–Crippen LogP) is 3.80. The van der Waals surface area contributed by atoms with Gasteiger partial charge in [-0.3, -0.25) is 4.79 Å². The zero-order chi connectivity index (χ0) is 18.5. The number of hydrogen-bond donors (Lipinski definition) is 0. The minimum Gasteiger partial charge on any atom is -0.352 e. The maximum atomic E-state index is 12.8. The van der Waals surface area contributed by atoms with Crippen LogP contribution in [0.2, 0.25) is 0 Å². The van der Waals surface area contributed by atoms with E-state index < -0.39 is 0 Å². The van der Waals surface area contributed by atoms with Gasteiger partial charge in [0.15, 0.2) is 5.82 Å². The molecule has 26 heavy (non-hydrogen) atoms. The van der Waals surface area contributed by atoms with Gasteiger partial charge in [-0.15, -0.1) is 0 Å². The lowest BCUT2D eigenvalue weighted by Crippen LogP contribution is -2.50. The molecule has 2 aromatic rings. The molecular weight excluding hydrogens is 324 g/mol. The molecule has 0 unspecified atom stereocenters. The molecule has 1 atom stereocenters. The number of para-hydroxylation sites is 2. The zero-order valence-corrected chi connectivity index (χ0v) is 16.2. The highest BCUT2D eigenvalue weighted by Gasteiger charge is 2.27. The first-order valence-electron chi connectivity index (χ1n) is 9.91. The van der Waals surface area contributed by atoms with E-state index in [2.05, 4.69) is 18.7 Å². The van der Waals surface area contributed by atoms with Crippen LogP contribution in [0.25, 0.3) is 11.0 Å². The number of hydrogen-bond acceptors (Lipinski definition) is 4. The minimum atomic E-state index is 0.184. The Morgan fingerprint density at radius 1 is 1.08 bits per heavy atom. The Morgan fingerprint density at radius 2 is 1.73 bits per heavy atom. The number of amides is 1. The molecule has 0 spiro atoms. The van der Waals surface area contributed by atoms with Crippen molar-refractivity contribution in [3.05, 3.63) is 30.0 Å². The average molecular weight is 354 g/mol. The Bertz CT molecular complexity index is 753. The number of aromatic nitrogens is 2. The predicted molar refractivity (Wildman–Crippen MR) is 106 cm³/mol. The molecule has 1 aliphatic heterocycles. The van der Waals surface area contributed by atoms with Crippen LogP contribution in [0.3, 0.4) is 0 Å². The summed E-state index contributed by atoms with van der Waals surface area (Å²) < 4.78 is 0. The summed E-state index contributed by atoms with van der Waals surface area (Å²) in [5, 5.41) is 0. The smallest absolute Gasteiger partial charge is 0.225 e. The molecule has 0 saturated carbocycles. The number of piperazine rings is 1. The molecule has 0 aliphatic carbocycles. The van der Waals surface area contributed by atoms with Gasteiger partial charge < -0.3 is 9.80 Å². The first kappa shape index (κ1) is 18.6. The van der Waals surface area contributed by atoms with Crippen LogP contribution in [-0.2, 0) is 4.79 Å². The van der Waals surface area contributed by atoms with Gasteiger partial charge in [0.05, 0.1) is 16.7 Å². The second kappa shape index (κ2) is 8.47. The van der Waals surface area contributed by atoms with E-state index in [-0.39, 0.29) is 5.92 Å². The molecule has 1 aromatic carbocycles. The Labute approximate surface area is 156 Å². The molecule has 0 N–H and O–H groups in total. The van der Waals surface area contributed by atoms with Crippen LogP contribution < -0.4 is 4.90 Å². The zero-order valence-electron chi connectivity index (χ0n) is 16.2. The summed E-state index contributed by atoms with van der Waals surface area (Å²) >= 11 is 0. The molecule has 5 heteroatoms. The van der Waals surface area contributed by atoms with E-state index in [0.29, 0.717) is 5.91 Å². The van der Waals surface area contributed by atoms with Gasteiger partial charge in [0.2, 0.25) is 5.91 Å². The van der Waals surface area contributed by atoms with Crippen molar-refractivity contribution in [1.82, 2.24) is 14.9 Å². The third-order valence-electron chi connectivity index (χ3n) is 5.36. The van der Waals surface area contributed by atoms with Crippen LogP contribution in [0, 0.1) is 12.8 Å². The topological polar surface area (TPSA) is 49.3 Å². The number of carbonyl (C=O) groups is 1. The van der Waals surface area contributed by atoms with E-state index >= 15 is 0 Å². The molecule has 0 bridgehead atoms. The normalized spacial score (nSPS) is 16.1. The number of anilines is 1. The Balaban J connectivity index is 1.66. The number of aryl methyl sites for hydroxylation is 1. The number of benzene rings is 1. The van der Waals surface area contributed by atoms with E-state index in [1.807, 2.05) is 36.1 Å². The Morgan fingerprint density at radius 3 is 2.35 bits per heavy atom. The molecule has 1 aromatic heterocycles. The molecule has 1 saturated heterocycles. The lowest BCUT2D eigenvalue weighted by Gasteiger charge is -2.37. The van der Waals surface area contributed by atoms with E-state index in [1.165, 1.54) is 0 Å². The average Bonchev–Trinajstić information content (AvgIpc) is 2.68. The number of fused-ring (bicyclic) bond motifs is 1. The van der Waals surface area contributed by atoms with E-state index in [0.717, 1.165) is 74.4 Å². The molecule has 1 fully saturated rings. The van der Waals surface area contributed by atoms with E-state index in [9.17, 15) is 4.79 Å². The Kier molecular flexibility index (Phi) is 6.07. The van der Waals surface area contributed by atoms with Crippen molar-refractivity contribution in [1.29, 1.82) is 0 Å². The third-order valence-corrected chi connectivity index (χ3v) is 5.36. The molecule has 1 aliphatic rings. The largest absolute Gasteiger partial charge is 0.352 e. The van der Waals surface area contributed by atoms with E-state index in [4.69, 9.17) is 9.97 Å². The lowest BCUT2D eigenvalue weighted by molar-refractivity contribution is -0.136. The van der Waals surface area contributed by atoms with Gasteiger partial charge in [-0.05, 0) is 31.9 Å². The van der Waals surface area contributed by atoms with Crippen LogP contribution in [0.1, 0.15) is 45.2 Å². The SMILES string of the molecule is CCCC[C@@H](CC)C(=O)N1CCN(c2nc3ccccc3nc2C)CC1. The summed E-state index contributed by atoms with van der Waals surface area (Å²) in [7, 11) is 0.